The van der Waals surface area contributed by atoms with Gasteiger partial charge in [-0.3, -0.25) is 0 Å². The number of nitriles is 2. The van der Waals surface area contributed by atoms with E-state index in [4.69, 9.17) is 0 Å². The molecule has 1 aliphatic carbocycles. The molecular formula is C30H22N2. The second kappa shape index (κ2) is 8.54. The predicted molar refractivity (Wildman–Crippen MR) is 126 cm³/mol. The number of nitrogens with zero attached hydrogens (tertiary/aromatic N) is 2. The van der Waals surface area contributed by atoms with Crippen LogP contribution in [-0.4, -0.2) is 0 Å². The molecule has 0 bridgehead atoms. The number of hydrogen-bond acceptors (Lipinski definition) is 2. The van der Waals surface area contributed by atoms with Crippen LogP contribution in [-0.2, 0) is 0 Å². The summed E-state index contributed by atoms with van der Waals surface area (Å²) in [6.07, 6.45) is 0. The Kier molecular flexibility index (Phi) is 5.29. The first-order valence-corrected chi connectivity index (χ1v) is 10.9. The van der Waals surface area contributed by atoms with Gasteiger partial charge in [0.05, 0.1) is 23.3 Å². The Balaban J connectivity index is 1.66. The molecule has 1 fully saturated rings. The van der Waals surface area contributed by atoms with Crippen molar-refractivity contribution >= 4 is 0 Å². The molecule has 4 aromatic carbocycles. The van der Waals surface area contributed by atoms with Gasteiger partial charge < -0.3 is 0 Å². The van der Waals surface area contributed by atoms with Gasteiger partial charge in [-0.1, -0.05) is 84.9 Å². The lowest BCUT2D eigenvalue weighted by Crippen LogP contribution is -2.40. The van der Waals surface area contributed by atoms with Crippen LogP contribution in [0.25, 0.3) is 0 Å². The zero-order chi connectivity index (χ0) is 21.9. The van der Waals surface area contributed by atoms with Gasteiger partial charge in [-0.15, -0.1) is 0 Å². The Hall–Kier alpha value is -4.14. The molecule has 2 nitrogen and oxygen atoms in total. The Labute approximate surface area is 189 Å². The molecule has 0 atom stereocenters. The van der Waals surface area contributed by atoms with Crippen molar-refractivity contribution in [1.82, 2.24) is 0 Å². The third kappa shape index (κ3) is 3.47. The molecular weight excluding hydrogens is 388 g/mol. The Morgan fingerprint density at radius 3 is 0.938 bits per heavy atom. The van der Waals surface area contributed by atoms with Gasteiger partial charge in [-0.25, -0.2) is 0 Å². The minimum absolute atomic E-state index is 0.299. The third-order valence-electron chi connectivity index (χ3n) is 6.77. The zero-order valence-corrected chi connectivity index (χ0v) is 17.6. The summed E-state index contributed by atoms with van der Waals surface area (Å²) in [7, 11) is 0. The van der Waals surface area contributed by atoms with Crippen molar-refractivity contribution in [2.45, 2.75) is 23.7 Å². The highest BCUT2D eigenvalue weighted by Gasteiger charge is 2.52. The van der Waals surface area contributed by atoms with Crippen molar-refractivity contribution in [3.8, 4) is 12.1 Å². The van der Waals surface area contributed by atoms with E-state index in [9.17, 15) is 10.5 Å². The molecule has 152 valence electrons. The molecule has 5 rings (SSSR count). The second-order valence-electron chi connectivity index (χ2n) is 8.39. The van der Waals surface area contributed by atoms with Gasteiger partial charge in [-0.2, -0.15) is 10.5 Å². The molecule has 1 aliphatic rings. The Morgan fingerprint density at radius 2 is 0.656 bits per heavy atom. The first kappa shape index (κ1) is 19.8. The van der Waals surface area contributed by atoms with Crippen LogP contribution in [0, 0.1) is 22.7 Å². The average Bonchev–Trinajstić information content (AvgIpc) is 2.86. The SMILES string of the molecule is N#Cc1ccc(C2C(c3ccccc3)C(c3ccc(C#N)cc3)C2c2ccccc2)cc1. The van der Waals surface area contributed by atoms with E-state index < -0.39 is 0 Å². The molecule has 0 spiro atoms. The van der Waals surface area contributed by atoms with Crippen LogP contribution in [0.5, 0.6) is 0 Å². The van der Waals surface area contributed by atoms with E-state index >= 15 is 0 Å². The van der Waals surface area contributed by atoms with Crippen molar-refractivity contribution in [1.29, 1.82) is 10.5 Å². The van der Waals surface area contributed by atoms with Crippen molar-refractivity contribution in [3.05, 3.63) is 143 Å². The molecule has 0 heterocycles. The highest BCUT2D eigenvalue weighted by molar-refractivity contribution is 5.49. The fourth-order valence-corrected chi connectivity index (χ4v) is 5.32. The molecule has 2 heteroatoms. The monoisotopic (exact) mass is 410 g/mol. The Morgan fingerprint density at radius 1 is 0.375 bits per heavy atom. The van der Waals surface area contributed by atoms with Crippen LogP contribution >= 0.6 is 0 Å². The molecule has 0 N–H and O–H groups in total. The van der Waals surface area contributed by atoms with Gasteiger partial charge >= 0.3 is 0 Å². The van der Waals surface area contributed by atoms with Crippen LogP contribution in [0.1, 0.15) is 57.1 Å². The number of hydrogen-bond donors (Lipinski definition) is 0. The summed E-state index contributed by atoms with van der Waals surface area (Å²) in [4.78, 5) is 0. The number of rotatable bonds is 4. The van der Waals surface area contributed by atoms with E-state index in [2.05, 4.69) is 97.1 Å². The van der Waals surface area contributed by atoms with Gasteiger partial charge in [0.25, 0.3) is 0 Å². The first-order valence-electron chi connectivity index (χ1n) is 10.9. The van der Waals surface area contributed by atoms with E-state index in [-0.39, 0.29) is 0 Å². The van der Waals surface area contributed by atoms with Crippen molar-refractivity contribution in [2.75, 3.05) is 0 Å². The molecule has 0 aromatic heterocycles. The minimum atomic E-state index is 0.299. The van der Waals surface area contributed by atoms with E-state index in [1.54, 1.807) is 0 Å². The van der Waals surface area contributed by atoms with Gasteiger partial charge in [0.1, 0.15) is 0 Å². The lowest BCUT2D eigenvalue weighted by Gasteiger charge is -2.54. The highest BCUT2D eigenvalue weighted by Crippen LogP contribution is 2.66. The maximum absolute atomic E-state index is 9.26. The van der Waals surface area contributed by atoms with E-state index in [1.807, 2.05) is 24.3 Å². The summed E-state index contributed by atoms with van der Waals surface area (Å²) in [5.74, 6) is 1.21. The Bertz CT molecular complexity index is 1160. The molecule has 0 radical (unpaired) electrons. The largest absolute Gasteiger partial charge is 0.192 e. The standard InChI is InChI=1S/C30H22N2/c31-19-21-11-15-25(16-12-21)29-27(23-7-3-1-4-8-23)30(26-17-13-22(20-32)14-18-26)28(29)24-9-5-2-6-10-24/h1-18,27-30H. The van der Waals surface area contributed by atoms with E-state index in [0.717, 1.165) is 0 Å². The molecule has 1 saturated carbocycles. The molecule has 0 saturated heterocycles. The predicted octanol–water partition coefficient (Wildman–Crippen LogP) is 6.88. The van der Waals surface area contributed by atoms with Gasteiger partial charge in [0.2, 0.25) is 0 Å². The van der Waals surface area contributed by atoms with Crippen molar-refractivity contribution < 1.29 is 0 Å². The zero-order valence-electron chi connectivity index (χ0n) is 17.6. The third-order valence-corrected chi connectivity index (χ3v) is 6.77. The molecule has 0 aliphatic heterocycles. The smallest absolute Gasteiger partial charge is 0.0991 e. The average molecular weight is 411 g/mol. The van der Waals surface area contributed by atoms with Gasteiger partial charge in [0.15, 0.2) is 0 Å². The lowest BCUT2D eigenvalue weighted by atomic mass is 9.49. The maximum Gasteiger partial charge on any atom is 0.0991 e. The molecule has 0 amide bonds. The van der Waals surface area contributed by atoms with Crippen LogP contribution in [0.3, 0.4) is 0 Å². The van der Waals surface area contributed by atoms with Crippen LogP contribution in [0.15, 0.2) is 109 Å². The van der Waals surface area contributed by atoms with Crippen LogP contribution < -0.4 is 0 Å². The van der Waals surface area contributed by atoms with Gasteiger partial charge in [0, 0.05) is 0 Å². The molecule has 32 heavy (non-hydrogen) atoms. The fraction of sp³-hybridized carbons (Fsp3) is 0.133. The van der Waals surface area contributed by atoms with Gasteiger partial charge in [-0.05, 0) is 70.2 Å². The molecule has 0 unspecified atom stereocenters. The lowest BCUT2D eigenvalue weighted by molar-refractivity contribution is 0.229. The summed E-state index contributed by atoms with van der Waals surface area (Å²) >= 11 is 0. The maximum atomic E-state index is 9.26. The summed E-state index contributed by atoms with van der Waals surface area (Å²) in [5, 5.41) is 18.5. The van der Waals surface area contributed by atoms with Crippen molar-refractivity contribution in [2.24, 2.45) is 0 Å². The summed E-state index contributed by atoms with van der Waals surface area (Å²) in [6.45, 7) is 0. The van der Waals surface area contributed by atoms with E-state index in [1.165, 1.54) is 22.3 Å². The number of benzene rings is 4. The van der Waals surface area contributed by atoms with E-state index in [0.29, 0.717) is 34.8 Å². The second-order valence-corrected chi connectivity index (χ2v) is 8.39. The summed E-state index contributed by atoms with van der Waals surface area (Å²) in [5.41, 5.74) is 6.54. The van der Waals surface area contributed by atoms with Crippen LogP contribution in [0.4, 0.5) is 0 Å². The summed E-state index contributed by atoms with van der Waals surface area (Å²) in [6, 6.07) is 42.1. The minimum Gasteiger partial charge on any atom is -0.192 e. The van der Waals surface area contributed by atoms with Crippen molar-refractivity contribution in [3.63, 3.8) is 0 Å². The summed E-state index contributed by atoms with van der Waals surface area (Å²) < 4.78 is 0. The normalized spacial score (nSPS) is 21.7. The first-order chi connectivity index (χ1) is 15.8. The van der Waals surface area contributed by atoms with Crippen LogP contribution in [0.2, 0.25) is 0 Å². The highest BCUT2D eigenvalue weighted by atomic mass is 14.5. The topological polar surface area (TPSA) is 47.6 Å². The quantitative estimate of drug-likeness (QED) is 0.368. The fourth-order valence-electron chi connectivity index (χ4n) is 5.32. The molecule has 4 aromatic rings.